The third-order valence-electron chi connectivity index (χ3n) is 4.02. The number of carbonyl (C=O) groups excluding carboxylic acids is 1. The number of hydrogen-bond acceptors (Lipinski definition) is 3. The number of rotatable bonds is 6. The van der Waals surface area contributed by atoms with Crippen LogP contribution < -0.4 is 5.32 Å². The first kappa shape index (κ1) is 16.8. The Morgan fingerprint density at radius 2 is 2.00 bits per heavy atom. The van der Waals surface area contributed by atoms with Gasteiger partial charge in [0.05, 0.1) is 12.3 Å². The van der Waals surface area contributed by atoms with Crippen LogP contribution in [0.2, 0.25) is 0 Å². The molecule has 1 heterocycles. The standard InChI is InChI=1S/C18H21N3O2/c1-18(2,13-19)21(3)16(22)12-20-17(15-10-7-11-23-15)14-8-5-4-6-9-14/h4-11,17,20H,12H2,1-3H3/p+1/t17-/m1/s1. The van der Waals surface area contributed by atoms with Crippen LogP contribution in [0.25, 0.3) is 0 Å². The Balaban J connectivity index is 2.12. The van der Waals surface area contributed by atoms with E-state index in [-0.39, 0.29) is 18.5 Å². The largest absolute Gasteiger partial charge is 0.463 e. The number of amides is 1. The van der Waals surface area contributed by atoms with Crippen LogP contribution in [-0.4, -0.2) is 29.9 Å². The van der Waals surface area contributed by atoms with Gasteiger partial charge >= 0.3 is 0 Å². The normalized spacial score (nSPS) is 12.4. The number of quaternary nitrogens is 1. The second kappa shape index (κ2) is 7.12. The highest BCUT2D eigenvalue weighted by Gasteiger charge is 2.29. The molecule has 120 valence electrons. The molecular formula is C18H22N3O2+. The molecule has 5 heteroatoms. The molecule has 0 saturated carbocycles. The third kappa shape index (κ3) is 3.99. The van der Waals surface area contributed by atoms with Crippen molar-refractivity contribution in [2.24, 2.45) is 0 Å². The quantitative estimate of drug-likeness (QED) is 0.882. The van der Waals surface area contributed by atoms with Crippen molar-refractivity contribution < 1.29 is 14.5 Å². The minimum atomic E-state index is -0.822. The Kier molecular flexibility index (Phi) is 5.20. The molecule has 0 radical (unpaired) electrons. The molecule has 0 aliphatic carbocycles. The van der Waals surface area contributed by atoms with Gasteiger partial charge in [-0.15, -0.1) is 0 Å². The number of nitriles is 1. The van der Waals surface area contributed by atoms with E-state index in [1.165, 1.54) is 4.90 Å². The third-order valence-corrected chi connectivity index (χ3v) is 4.02. The maximum absolute atomic E-state index is 12.4. The lowest BCUT2D eigenvalue weighted by Crippen LogP contribution is -2.88. The Bertz CT molecular complexity index is 672. The van der Waals surface area contributed by atoms with Crippen molar-refractivity contribution in [2.75, 3.05) is 13.6 Å². The number of nitrogens with two attached hydrogens (primary N) is 1. The lowest BCUT2D eigenvalue weighted by atomic mass is 10.0. The first-order chi connectivity index (χ1) is 11.0. The molecule has 0 spiro atoms. The molecule has 1 atom stereocenters. The molecule has 23 heavy (non-hydrogen) atoms. The van der Waals surface area contributed by atoms with Crippen LogP contribution in [0, 0.1) is 11.3 Å². The van der Waals surface area contributed by atoms with E-state index in [4.69, 9.17) is 9.68 Å². The van der Waals surface area contributed by atoms with Crippen molar-refractivity contribution in [3.63, 3.8) is 0 Å². The Hall–Kier alpha value is -2.58. The second-order valence-corrected chi connectivity index (χ2v) is 5.97. The highest BCUT2D eigenvalue weighted by Crippen LogP contribution is 2.18. The van der Waals surface area contributed by atoms with Crippen molar-refractivity contribution in [3.05, 3.63) is 60.1 Å². The van der Waals surface area contributed by atoms with Crippen molar-refractivity contribution in [3.8, 4) is 6.07 Å². The maximum Gasteiger partial charge on any atom is 0.278 e. The maximum atomic E-state index is 12.4. The van der Waals surface area contributed by atoms with E-state index in [0.29, 0.717) is 0 Å². The van der Waals surface area contributed by atoms with Gasteiger partial charge in [0, 0.05) is 12.6 Å². The van der Waals surface area contributed by atoms with Crippen molar-refractivity contribution in [1.29, 1.82) is 5.26 Å². The van der Waals surface area contributed by atoms with Gasteiger partial charge in [-0.3, -0.25) is 4.79 Å². The summed E-state index contributed by atoms with van der Waals surface area (Å²) in [4.78, 5) is 13.8. The van der Waals surface area contributed by atoms with Crippen molar-refractivity contribution >= 4 is 5.91 Å². The van der Waals surface area contributed by atoms with Crippen LogP contribution >= 0.6 is 0 Å². The second-order valence-electron chi connectivity index (χ2n) is 5.97. The predicted octanol–water partition coefficient (Wildman–Crippen LogP) is 1.69. The van der Waals surface area contributed by atoms with Gasteiger partial charge in [-0.2, -0.15) is 5.26 Å². The highest BCUT2D eigenvalue weighted by atomic mass is 16.3. The molecular weight excluding hydrogens is 290 g/mol. The molecule has 1 aromatic carbocycles. The number of likely N-dealkylation sites (N-methyl/N-ethyl adjacent to an activating group) is 1. The van der Waals surface area contributed by atoms with Crippen LogP contribution in [-0.2, 0) is 4.79 Å². The zero-order chi connectivity index (χ0) is 16.9. The number of nitrogens with zero attached hydrogens (tertiary/aromatic N) is 2. The number of furan rings is 1. The van der Waals surface area contributed by atoms with Gasteiger partial charge in [-0.1, -0.05) is 30.3 Å². The molecule has 0 aliphatic rings. The van der Waals surface area contributed by atoms with Gasteiger partial charge in [0.25, 0.3) is 5.91 Å². The molecule has 2 N–H and O–H groups in total. The fraction of sp³-hybridized carbons (Fsp3) is 0.333. The average Bonchev–Trinajstić information content (AvgIpc) is 3.09. The monoisotopic (exact) mass is 312 g/mol. The van der Waals surface area contributed by atoms with Crippen LogP contribution in [0.1, 0.15) is 31.2 Å². The van der Waals surface area contributed by atoms with E-state index in [0.717, 1.165) is 11.3 Å². The van der Waals surface area contributed by atoms with E-state index >= 15 is 0 Å². The van der Waals surface area contributed by atoms with Crippen LogP contribution in [0.3, 0.4) is 0 Å². The van der Waals surface area contributed by atoms with Crippen molar-refractivity contribution in [1.82, 2.24) is 4.90 Å². The van der Waals surface area contributed by atoms with Gasteiger partial charge in [0.15, 0.2) is 18.3 Å². The van der Waals surface area contributed by atoms with E-state index in [1.54, 1.807) is 27.2 Å². The molecule has 1 amide bonds. The van der Waals surface area contributed by atoms with E-state index in [9.17, 15) is 4.79 Å². The van der Waals surface area contributed by atoms with E-state index < -0.39 is 5.54 Å². The number of hydrogen-bond donors (Lipinski definition) is 1. The molecule has 2 aromatic rings. The van der Waals surface area contributed by atoms with Crippen molar-refractivity contribution in [2.45, 2.75) is 25.4 Å². The molecule has 0 saturated heterocycles. The highest BCUT2D eigenvalue weighted by molar-refractivity contribution is 5.78. The van der Waals surface area contributed by atoms with Crippen LogP contribution in [0.4, 0.5) is 0 Å². The minimum Gasteiger partial charge on any atom is -0.463 e. The summed E-state index contributed by atoms with van der Waals surface area (Å²) < 4.78 is 5.52. The predicted molar refractivity (Wildman–Crippen MR) is 86.2 cm³/mol. The fourth-order valence-corrected chi connectivity index (χ4v) is 2.29. The van der Waals surface area contributed by atoms with Gasteiger partial charge in [-0.25, -0.2) is 0 Å². The Morgan fingerprint density at radius 1 is 1.30 bits per heavy atom. The smallest absolute Gasteiger partial charge is 0.278 e. The summed E-state index contributed by atoms with van der Waals surface area (Å²) in [7, 11) is 1.66. The zero-order valence-electron chi connectivity index (χ0n) is 13.7. The summed E-state index contributed by atoms with van der Waals surface area (Å²) in [6.07, 6.45) is 1.63. The topological polar surface area (TPSA) is 73.8 Å². The summed E-state index contributed by atoms with van der Waals surface area (Å²) in [5, 5.41) is 11.1. The van der Waals surface area contributed by atoms with Gasteiger partial charge in [0.1, 0.15) is 5.54 Å². The number of carbonyl (C=O) groups is 1. The lowest BCUT2D eigenvalue weighted by molar-refractivity contribution is -0.679. The molecule has 0 unspecified atom stereocenters. The molecule has 5 nitrogen and oxygen atoms in total. The Morgan fingerprint density at radius 3 is 2.57 bits per heavy atom. The molecule has 0 bridgehead atoms. The van der Waals surface area contributed by atoms with Gasteiger partial charge in [0.2, 0.25) is 0 Å². The first-order valence-electron chi connectivity index (χ1n) is 7.55. The van der Waals surface area contributed by atoms with Gasteiger partial charge < -0.3 is 14.6 Å². The minimum absolute atomic E-state index is 0.0891. The summed E-state index contributed by atoms with van der Waals surface area (Å²) in [6, 6.07) is 15.7. The summed E-state index contributed by atoms with van der Waals surface area (Å²) in [5.74, 6) is 0.704. The molecule has 2 rings (SSSR count). The SMILES string of the molecule is CN(C(=O)C[NH2+][C@H](c1ccccc1)c1ccco1)C(C)(C)C#N. The van der Waals surface area contributed by atoms with E-state index in [1.807, 2.05) is 47.8 Å². The summed E-state index contributed by atoms with van der Waals surface area (Å²) in [5.41, 5.74) is 0.246. The van der Waals surface area contributed by atoms with Gasteiger partial charge in [-0.05, 0) is 26.0 Å². The van der Waals surface area contributed by atoms with Crippen LogP contribution in [0.15, 0.2) is 53.1 Å². The fourth-order valence-electron chi connectivity index (χ4n) is 2.29. The molecule has 0 aliphatic heterocycles. The lowest BCUT2D eigenvalue weighted by Gasteiger charge is -2.28. The van der Waals surface area contributed by atoms with E-state index in [2.05, 4.69) is 6.07 Å². The number of benzene rings is 1. The summed E-state index contributed by atoms with van der Waals surface area (Å²) in [6.45, 7) is 3.69. The Labute approximate surface area is 136 Å². The molecule has 0 fully saturated rings. The average molecular weight is 312 g/mol. The summed E-state index contributed by atoms with van der Waals surface area (Å²) >= 11 is 0. The first-order valence-corrected chi connectivity index (χ1v) is 7.55. The zero-order valence-corrected chi connectivity index (χ0v) is 13.7. The molecule has 1 aromatic heterocycles. The van der Waals surface area contributed by atoms with Crippen LogP contribution in [0.5, 0.6) is 0 Å².